The van der Waals surface area contributed by atoms with Crippen LogP contribution in [0.4, 0.5) is 0 Å². The predicted molar refractivity (Wildman–Crippen MR) is 85.8 cm³/mol. The highest BCUT2D eigenvalue weighted by Crippen LogP contribution is 2.38. The lowest BCUT2D eigenvalue weighted by molar-refractivity contribution is 0.223. The van der Waals surface area contributed by atoms with Gasteiger partial charge in [0.05, 0.1) is 0 Å². The van der Waals surface area contributed by atoms with Gasteiger partial charge < -0.3 is 5.32 Å². The number of hydrogen-bond donors (Lipinski definition) is 1. The number of pyridine rings is 1. The molecule has 112 valence electrons. The summed E-state index contributed by atoms with van der Waals surface area (Å²) >= 11 is 0. The lowest BCUT2D eigenvalue weighted by atomic mass is 9.76. The van der Waals surface area contributed by atoms with Crippen molar-refractivity contribution in [2.75, 3.05) is 6.54 Å². The standard InChI is InChI=1S/C18H30N2/c1-4-10-20-18(16-8-6-7-14(3)12-16)17-9-11-19-13-15(17)5-2/h9,11,13-14,16,18,20H,4-8,10,12H2,1-3H3. The van der Waals surface area contributed by atoms with Crippen molar-refractivity contribution in [2.45, 2.75) is 65.3 Å². The van der Waals surface area contributed by atoms with Crippen LogP contribution in [0.25, 0.3) is 0 Å². The van der Waals surface area contributed by atoms with Gasteiger partial charge in [0, 0.05) is 18.4 Å². The maximum atomic E-state index is 4.31. The third-order valence-corrected chi connectivity index (χ3v) is 4.72. The van der Waals surface area contributed by atoms with Gasteiger partial charge in [-0.3, -0.25) is 4.98 Å². The van der Waals surface area contributed by atoms with Gasteiger partial charge >= 0.3 is 0 Å². The van der Waals surface area contributed by atoms with Crippen molar-refractivity contribution in [1.82, 2.24) is 10.3 Å². The van der Waals surface area contributed by atoms with Gasteiger partial charge in [-0.2, -0.15) is 0 Å². The zero-order valence-electron chi connectivity index (χ0n) is 13.4. The molecular formula is C18H30N2. The van der Waals surface area contributed by atoms with E-state index >= 15 is 0 Å². The molecule has 1 aromatic rings. The van der Waals surface area contributed by atoms with Gasteiger partial charge in [0.1, 0.15) is 0 Å². The molecule has 1 heterocycles. The van der Waals surface area contributed by atoms with Crippen molar-refractivity contribution in [2.24, 2.45) is 11.8 Å². The zero-order valence-corrected chi connectivity index (χ0v) is 13.4. The molecule has 2 heteroatoms. The van der Waals surface area contributed by atoms with E-state index in [1.807, 2.05) is 6.20 Å². The summed E-state index contributed by atoms with van der Waals surface area (Å²) in [7, 11) is 0. The van der Waals surface area contributed by atoms with Gasteiger partial charge in [-0.1, -0.05) is 33.6 Å². The van der Waals surface area contributed by atoms with Gasteiger partial charge in [0.15, 0.2) is 0 Å². The average Bonchev–Trinajstić information content (AvgIpc) is 2.48. The monoisotopic (exact) mass is 274 g/mol. The Bertz CT molecular complexity index is 402. The van der Waals surface area contributed by atoms with Crippen molar-refractivity contribution in [3.63, 3.8) is 0 Å². The number of nitrogens with one attached hydrogen (secondary N) is 1. The SMILES string of the molecule is CCCNC(c1ccncc1CC)C1CCCC(C)C1. The third kappa shape index (κ3) is 3.82. The van der Waals surface area contributed by atoms with Crippen LogP contribution in [0.1, 0.15) is 70.0 Å². The first-order valence-electron chi connectivity index (χ1n) is 8.42. The fourth-order valence-corrected chi connectivity index (χ4v) is 3.65. The summed E-state index contributed by atoms with van der Waals surface area (Å²) in [5.74, 6) is 1.67. The number of nitrogens with zero attached hydrogens (tertiary/aromatic N) is 1. The molecule has 1 N–H and O–H groups in total. The molecule has 0 bridgehead atoms. The minimum absolute atomic E-state index is 0.524. The Hall–Kier alpha value is -0.890. The molecule has 1 saturated carbocycles. The van der Waals surface area contributed by atoms with E-state index in [0.717, 1.165) is 24.8 Å². The highest BCUT2D eigenvalue weighted by Gasteiger charge is 2.28. The van der Waals surface area contributed by atoms with Crippen LogP contribution >= 0.6 is 0 Å². The minimum Gasteiger partial charge on any atom is -0.310 e. The van der Waals surface area contributed by atoms with Crippen molar-refractivity contribution >= 4 is 0 Å². The van der Waals surface area contributed by atoms with Crippen molar-refractivity contribution in [3.05, 3.63) is 29.6 Å². The second-order valence-corrected chi connectivity index (χ2v) is 6.39. The third-order valence-electron chi connectivity index (χ3n) is 4.72. The van der Waals surface area contributed by atoms with E-state index in [2.05, 4.69) is 43.3 Å². The van der Waals surface area contributed by atoms with Crippen LogP contribution in [0.15, 0.2) is 18.5 Å². The molecule has 0 aliphatic heterocycles. The highest BCUT2D eigenvalue weighted by atomic mass is 14.9. The van der Waals surface area contributed by atoms with E-state index in [-0.39, 0.29) is 0 Å². The molecule has 20 heavy (non-hydrogen) atoms. The second kappa shape index (κ2) is 7.78. The number of aromatic nitrogens is 1. The van der Waals surface area contributed by atoms with Crippen LogP contribution in [0.5, 0.6) is 0 Å². The smallest absolute Gasteiger partial charge is 0.0352 e. The molecule has 0 spiro atoms. The molecule has 3 atom stereocenters. The van der Waals surface area contributed by atoms with E-state index in [0.29, 0.717) is 6.04 Å². The molecule has 1 aliphatic carbocycles. The molecule has 0 saturated heterocycles. The first-order valence-corrected chi connectivity index (χ1v) is 8.42. The Morgan fingerprint density at radius 1 is 1.35 bits per heavy atom. The number of hydrogen-bond acceptors (Lipinski definition) is 2. The van der Waals surface area contributed by atoms with Gasteiger partial charge in [-0.25, -0.2) is 0 Å². The molecule has 2 rings (SSSR count). The largest absolute Gasteiger partial charge is 0.310 e. The van der Waals surface area contributed by atoms with Crippen LogP contribution < -0.4 is 5.32 Å². The van der Waals surface area contributed by atoms with Gasteiger partial charge in [0.2, 0.25) is 0 Å². The van der Waals surface area contributed by atoms with E-state index in [1.165, 1.54) is 43.2 Å². The van der Waals surface area contributed by atoms with Crippen molar-refractivity contribution < 1.29 is 0 Å². The first kappa shape index (κ1) is 15.5. The number of rotatable bonds is 6. The molecule has 0 radical (unpaired) electrons. The Balaban J connectivity index is 2.21. The van der Waals surface area contributed by atoms with E-state index in [9.17, 15) is 0 Å². The molecule has 1 aromatic heterocycles. The highest BCUT2D eigenvalue weighted by molar-refractivity contribution is 5.27. The Kier molecular flexibility index (Phi) is 6.03. The van der Waals surface area contributed by atoms with Gasteiger partial charge in [-0.05, 0) is 61.3 Å². The van der Waals surface area contributed by atoms with Crippen LogP contribution in [0.3, 0.4) is 0 Å². The summed E-state index contributed by atoms with van der Waals surface area (Å²) in [6, 6.07) is 2.77. The summed E-state index contributed by atoms with van der Waals surface area (Å²) in [6.45, 7) is 8.01. The van der Waals surface area contributed by atoms with E-state index in [1.54, 1.807) is 0 Å². The lowest BCUT2D eigenvalue weighted by Crippen LogP contribution is -2.32. The molecule has 1 fully saturated rings. The van der Waals surface area contributed by atoms with E-state index < -0.39 is 0 Å². The molecule has 1 aliphatic rings. The summed E-state index contributed by atoms with van der Waals surface area (Å²) in [4.78, 5) is 4.31. The molecule has 0 aromatic carbocycles. The van der Waals surface area contributed by atoms with Gasteiger partial charge in [0.25, 0.3) is 0 Å². The van der Waals surface area contributed by atoms with Crippen molar-refractivity contribution in [3.8, 4) is 0 Å². The second-order valence-electron chi connectivity index (χ2n) is 6.39. The summed E-state index contributed by atoms with van der Waals surface area (Å²) < 4.78 is 0. The van der Waals surface area contributed by atoms with Crippen molar-refractivity contribution in [1.29, 1.82) is 0 Å². The molecule has 2 nitrogen and oxygen atoms in total. The summed E-state index contributed by atoms with van der Waals surface area (Å²) in [6.07, 6.45) is 11.8. The predicted octanol–water partition coefficient (Wildman–Crippen LogP) is 4.51. The topological polar surface area (TPSA) is 24.9 Å². The van der Waals surface area contributed by atoms with E-state index in [4.69, 9.17) is 0 Å². The molecule has 0 amide bonds. The van der Waals surface area contributed by atoms with Crippen LogP contribution in [-0.2, 0) is 6.42 Å². The molecule has 3 unspecified atom stereocenters. The summed E-state index contributed by atoms with van der Waals surface area (Å²) in [5.41, 5.74) is 2.91. The van der Waals surface area contributed by atoms with Crippen LogP contribution in [0, 0.1) is 11.8 Å². The number of aryl methyl sites for hydroxylation is 1. The maximum absolute atomic E-state index is 4.31. The molecular weight excluding hydrogens is 244 g/mol. The minimum atomic E-state index is 0.524. The lowest BCUT2D eigenvalue weighted by Gasteiger charge is -2.35. The fourth-order valence-electron chi connectivity index (χ4n) is 3.65. The summed E-state index contributed by atoms with van der Waals surface area (Å²) in [5, 5.41) is 3.82. The normalized spacial score (nSPS) is 24.6. The Labute approximate surface area is 124 Å². The zero-order chi connectivity index (χ0) is 14.4. The maximum Gasteiger partial charge on any atom is 0.0352 e. The average molecular weight is 274 g/mol. The first-order chi connectivity index (χ1) is 9.76. The van der Waals surface area contributed by atoms with Gasteiger partial charge in [-0.15, -0.1) is 0 Å². The Morgan fingerprint density at radius 3 is 2.90 bits per heavy atom. The Morgan fingerprint density at radius 2 is 2.20 bits per heavy atom. The quantitative estimate of drug-likeness (QED) is 0.825. The van der Waals surface area contributed by atoms with Crippen LogP contribution in [0.2, 0.25) is 0 Å². The fraction of sp³-hybridized carbons (Fsp3) is 0.722. The van der Waals surface area contributed by atoms with Crippen LogP contribution in [-0.4, -0.2) is 11.5 Å².